The molecule has 0 bridgehead atoms. The van der Waals surface area contributed by atoms with Gasteiger partial charge in [0.15, 0.2) is 0 Å². The van der Waals surface area contributed by atoms with Crippen molar-refractivity contribution in [2.45, 2.75) is 30.6 Å². The van der Waals surface area contributed by atoms with Crippen molar-refractivity contribution < 1.29 is 5.11 Å². The van der Waals surface area contributed by atoms with Crippen LogP contribution >= 0.6 is 11.8 Å². The molecule has 1 aliphatic heterocycles. The molecule has 2 unspecified atom stereocenters. The number of aromatic nitrogens is 1. The first-order valence-electron chi connectivity index (χ1n) is 5.25. The number of thioether (sulfide) groups is 1. The number of aliphatic hydroxyl groups excluding tert-OH is 1. The van der Waals surface area contributed by atoms with Crippen LogP contribution in [-0.4, -0.2) is 27.2 Å². The van der Waals surface area contributed by atoms with E-state index in [1.54, 1.807) is 18.5 Å². The van der Waals surface area contributed by atoms with Gasteiger partial charge in [-0.15, -0.1) is 0 Å². The fourth-order valence-corrected chi connectivity index (χ4v) is 3.16. The molecule has 1 aromatic rings. The third-order valence-corrected chi connectivity index (χ3v) is 4.27. The summed E-state index contributed by atoms with van der Waals surface area (Å²) in [6.07, 6.45) is 6.09. The third kappa shape index (κ3) is 2.63. The van der Waals surface area contributed by atoms with Crippen molar-refractivity contribution in [2.75, 3.05) is 11.5 Å². The molecule has 1 aromatic heterocycles. The van der Waals surface area contributed by atoms with Gasteiger partial charge in [0.05, 0.1) is 6.10 Å². The van der Waals surface area contributed by atoms with E-state index in [0.29, 0.717) is 11.7 Å². The molecule has 1 aliphatic rings. The second-order valence-corrected chi connectivity index (χ2v) is 5.24. The Morgan fingerprint density at radius 1 is 1.67 bits per heavy atom. The molecule has 3 N–H and O–H groups in total. The molecular formula is C11H16N2OS. The number of aliphatic hydroxyl groups is 1. The van der Waals surface area contributed by atoms with Crippen LogP contribution in [0.3, 0.4) is 0 Å². The van der Waals surface area contributed by atoms with Crippen LogP contribution in [0, 0.1) is 0 Å². The summed E-state index contributed by atoms with van der Waals surface area (Å²) in [5, 5.41) is 10.4. The van der Waals surface area contributed by atoms with Crippen molar-refractivity contribution in [3.8, 4) is 0 Å². The number of pyridine rings is 1. The minimum atomic E-state index is -0.288. The number of hydrogen-bond acceptors (Lipinski definition) is 4. The summed E-state index contributed by atoms with van der Waals surface area (Å²) < 4.78 is 0. The van der Waals surface area contributed by atoms with Gasteiger partial charge in [0.2, 0.25) is 0 Å². The largest absolute Gasteiger partial charge is 0.398 e. The van der Waals surface area contributed by atoms with Crippen LogP contribution in [0.5, 0.6) is 0 Å². The molecule has 0 aromatic carbocycles. The average Bonchev–Trinajstić information content (AvgIpc) is 2.74. The van der Waals surface area contributed by atoms with E-state index in [2.05, 4.69) is 4.98 Å². The number of anilines is 1. The van der Waals surface area contributed by atoms with Crippen molar-refractivity contribution in [1.82, 2.24) is 4.98 Å². The summed E-state index contributed by atoms with van der Waals surface area (Å²) >= 11 is 1.86. The smallest absolute Gasteiger partial charge is 0.0700 e. The number of hydrogen-bond donors (Lipinski definition) is 2. The molecule has 0 amide bonds. The van der Waals surface area contributed by atoms with Gasteiger partial charge in [-0.3, -0.25) is 4.98 Å². The second kappa shape index (κ2) is 4.86. The molecule has 1 saturated heterocycles. The third-order valence-electron chi connectivity index (χ3n) is 2.76. The molecule has 15 heavy (non-hydrogen) atoms. The molecule has 0 aliphatic carbocycles. The van der Waals surface area contributed by atoms with E-state index in [9.17, 15) is 5.11 Å². The second-order valence-electron chi connectivity index (χ2n) is 3.90. The van der Waals surface area contributed by atoms with Gasteiger partial charge in [-0.05, 0) is 30.2 Å². The van der Waals surface area contributed by atoms with Gasteiger partial charge >= 0.3 is 0 Å². The normalized spacial score (nSPS) is 22.9. The van der Waals surface area contributed by atoms with Crippen LogP contribution in [0.2, 0.25) is 0 Å². The van der Waals surface area contributed by atoms with E-state index < -0.39 is 0 Å². The Kier molecular flexibility index (Phi) is 3.49. The molecular weight excluding hydrogens is 208 g/mol. The highest BCUT2D eigenvalue weighted by atomic mass is 32.2. The fraction of sp³-hybridized carbons (Fsp3) is 0.545. The van der Waals surface area contributed by atoms with Gasteiger partial charge in [-0.1, -0.05) is 0 Å². The summed E-state index contributed by atoms with van der Waals surface area (Å²) in [5.41, 5.74) is 7.49. The number of nitrogen functional groups attached to an aromatic ring is 1. The molecule has 82 valence electrons. The van der Waals surface area contributed by atoms with Crippen LogP contribution in [-0.2, 0) is 6.42 Å². The first-order valence-corrected chi connectivity index (χ1v) is 6.30. The summed E-state index contributed by atoms with van der Waals surface area (Å²) in [7, 11) is 0. The Morgan fingerprint density at radius 3 is 3.20 bits per heavy atom. The molecule has 0 saturated carbocycles. The standard InChI is InChI=1S/C11H16N2OS/c12-9-3-4-13-7-8(9)6-10(14)11-2-1-5-15-11/h3-4,7,10-11,14H,1-2,5-6H2,(H2,12,13). The summed E-state index contributed by atoms with van der Waals surface area (Å²) in [5.74, 6) is 1.17. The van der Waals surface area contributed by atoms with Crippen LogP contribution in [0.25, 0.3) is 0 Å². The lowest BCUT2D eigenvalue weighted by Gasteiger charge is -2.17. The lowest BCUT2D eigenvalue weighted by molar-refractivity contribution is 0.170. The Bertz CT molecular complexity index is 326. The number of rotatable bonds is 3. The van der Waals surface area contributed by atoms with Crippen molar-refractivity contribution in [3.63, 3.8) is 0 Å². The minimum absolute atomic E-state index is 0.288. The zero-order valence-corrected chi connectivity index (χ0v) is 9.41. The van der Waals surface area contributed by atoms with Gasteiger partial charge in [-0.2, -0.15) is 11.8 Å². The molecule has 2 rings (SSSR count). The van der Waals surface area contributed by atoms with Crippen LogP contribution < -0.4 is 5.73 Å². The Balaban J connectivity index is 1.99. The molecule has 3 nitrogen and oxygen atoms in total. The van der Waals surface area contributed by atoms with E-state index in [-0.39, 0.29) is 6.10 Å². The lowest BCUT2D eigenvalue weighted by Crippen LogP contribution is -2.23. The monoisotopic (exact) mass is 224 g/mol. The maximum Gasteiger partial charge on any atom is 0.0700 e. The van der Waals surface area contributed by atoms with Gasteiger partial charge in [0.25, 0.3) is 0 Å². The van der Waals surface area contributed by atoms with E-state index >= 15 is 0 Å². The van der Waals surface area contributed by atoms with Crippen LogP contribution in [0.4, 0.5) is 5.69 Å². The SMILES string of the molecule is Nc1ccncc1CC(O)C1CCCS1. The van der Waals surface area contributed by atoms with Crippen LogP contribution in [0.15, 0.2) is 18.5 Å². The van der Waals surface area contributed by atoms with Crippen molar-refractivity contribution in [2.24, 2.45) is 0 Å². The van der Waals surface area contributed by atoms with Crippen LogP contribution in [0.1, 0.15) is 18.4 Å². The quantitative estimate of drug-likeness (QED) is 0.816. The van der Waals surface area contributed by atoms with Gasteiger partial charge in [-0.25, -0.2) is 0 Å². The summed E-state index contributed by atoms with van der Waals surface area (Å²) in [4.78, 5) is 4.03. The predicted molar refractivity (Wildman–Crippen MR) is 63.8 cm³/mol. The molecule has 0 radical (unpaired) electrons. The van der Waals surface area contributed by atoms with E-state index in [1.807, 2.05) is 11.8 Å². The van der Waals surface area contributed by atoms with E-state index in [1.165, 1.54) is 12.2 Å². The maximum absolute atomic E-state index is 10.0. The number of nitrogens with zero attached hydrogens (tertiary/aromatic N) is 1. The van der Waals surface area contributed by atoms with E-state index in [0.717, 1.165) is 17.7 Å². The fourth-order valence-electron chi connectivity index (χ4n) is 1.87. The summed E-state index contributed by atoms with van der Waals surface area (Å²) in [6, 6.07) is 1.78. The first-order chi connectivity index (χ1) is 7.27. The predicted octanol–water partition coefficient (Wildman–Crippen LogP) is 1.46. The molecule has 0 spiro atoms. The molecule has 1 fully saturated rings. The highest BCUT2D eigenvalue weighted by Crippen LogP contribution is 2.30. The highest BCUT2D eigenvalue weighted by molar-refractivity contribution is 8.00. The average molecular weight is 224 g/mol. The van der Waals surface area contributed by atoms with Gasteiger partial charge in [0, 0.05) is 29.8 Å². The number of nitrogens with two attached hydrogens (primary N) is 1. The lowest BCUT2D eigenvalue weighted by atomic mass is 10.0. The van der Waals surface area contributed by atoms with E-state index in [4.69, 9.17) is 5.73 Å². The Morgan fingerprint density at radius 2 is 2.53 bits per heavy atom. The Hall–Kier alpha value is -0.740. The minimum Gasteiger partial charge on any atom is -0.398 e. The topological polar surface area (TPSA) is 59.1 Å². The Labute approximate surface area is 94.1 Å². The summed E-state index contributed by atoms with van der Waals surface area (Å²) in [6.45, 7) is 0. The van der Waals surface area contributed by atoms with Gasteiger partial charge < -0.3 is 10.8 Å². The van der Waals surface area contributed by atoms with Crippen molar-refractivity contribution >= 4 is 17.4 Å². The molecule has 2 atom stereocenters. The molecule has 2 heterocycles. The maximum atomic E-state index is 10.0. The zero-order valence-electron chi connectivity index (χ0n) is 8.60. The van der Waals surface area contributed by atoms with Crippen molar-refractivity contribution in [1.29, 1.82) is 0 Å². The van der Waals surface area contributed by atoms with Gasteiger partial charge in [0.1, 0.15) is 0 Å². The van der Waals surface area contributed by atoms with Crippen molar-refractivity contribution in [3.05, 3.63) is 24.0 Å². The first kappa shape index (κ1) is 10.8. The highest BCUT2D eigenvalue weighted by Gasteiger charge is 2.24. The molecule has 4 heteroatoms. The zero-order chi connectivity index (χ0) is 10.7.